The molecule has 1 N–H and O–H groups in total. The Morgan fingerprint density at radius 3 is 2.79 bits per heavy atom. The molecule has 9 nitrogen and oxygen atoms in total. The maximum absolute atomic E-state index is 12.5. The minimum Gasteiger partial charge on any atom is -0.474 e. The van der Waals surface area contributed by atoms with E-state index in [2.05, 4.69) is 10.3 Å². The van der Waals surface area contributed by atoms with E-state index in [9.17, 15) is 19.7 Å². The van der Waals surface area contributed by atoms with Crippen LogP contribution in [0.5, 0.6) is 5.75 Å². The van der Waals surface area contributed by atoms with Gasteiger partial charge in [0.2, 0.25) is 5.91 Å². The molecule has 9 heteroatoms. The minimum atomic E-state index is -0.739. The number of nitro groups is 1. The molecule has 24 heavy (non-hydrogen) atoms. The smallest absolute Gasteiger partial charge is 0.366 e. The Morgan fingerprint density at radius 2 is 2.21 bits per heavy atom. The number of hydrogen-bond donors (Lipinski definition) is 1. The first-order valence-electron chi connectivity index (χ1n) is 7.80. The Kier molecular flexibility index (Phi) is 5.32. The molecule has 0 saturated carbocycles. The van der Waals surface area contributed by atoms with E-state index in [1.54, 1.807) is 6.92 Å². The van der Waals surface area contributed by atoms with Crippen LogP contribution in [0.15, 0.2) is 12.1 Å². The van der Waals surface area contributed by atoms with E-state index < -0.39 is 22.8 Å². The summed E-state index contributed by atoms with van der Waals surface area (Å²) < 4.78 is 5.53. The van der Waals surface area contributed by atoms with E-state index in [1.165, 1.54) is 12.1 Å². The second kappa shape index (κ2) is 7.24. The molecule has 0 spiro atoms. The molecule has 0 bridgehead atoms. The highest BCUT2D eigenvalue weighted by Crippen LogP contribution is 2.34. The lowest BCUT2D eigenvalue weighted by Gasteiger charge is -2.30. The summed E-state index contributed by atoms with van der Waals surface area (Å²) in [5.41, 5.74) is 0. The molecule has 1 aromatic heterocycles. The number of pyridine rings is 1. The van der Waals surface area contributed by atoms with E-state index in [1.807, 2.05) is 13.8 Å². The van der Waals surface area contributed by atoms with Gasteiger partial charge in [-0.1, -0.05) is 13.8 Å². The molecular formula is C15H20N4O5. The van der Waals surface area contributed by atoms with Crippen LogP contribution in [-0.2, 0) is 9.59 Å². The minimum absolute atomic E-state index is 0.00167. The van der Waals surface area contributed by atoms with Gasteiger partial charge in [0.05, 0.1) is 0 Å². The highest BCUT2D eigenvalue weighted by molar-refractivity contribution is 6.03. The first kappa shape index (κ1) is 17.6. The van der Waals surface area contributed by atoms with Crippen LogP contribution < -0.4 is 15.0 Å². The quantitative estimate of drug-likeness (QED) is 0.620. The van der Waals surface area contributed by atoms with Crippen LogP contribution in [-0.4, -0.2) is 40.4 Å². The van der Waals surface area contributed by atoms with Gasteiger partial charge >= 0.3 is 5.82 Å². The number of nitrogens with one attached hydrogen (secondary N) is 1. The Labute approximate surface area is 139 Å². The molecule has 0 fully saturated rings. The van der Waals surface area contributed by atoms with E-state index in [-0.39, 0.29) is 30.1 Å². The van der Waals surface area contributed by atoms with Crippen molar-refractivity contribution in [2.24, 2.45) is 0 Å². The lowest BCUT2D eigenvalue weighted by atomic mass is 10.2. The van der Waals surface area contributed by atoms with Crippen molar-refractivity contribution in [1.29, 1.82) is 0 Å². The second-order valence-corrected chi connectivity index (χ2v) is 5.56. The van der Waals surface area contributed by atoms with Crippen molar-refractivity contribution in [2.75, 3.05) is 11.4 Å². The van der Waals surface area contributed by atoms with Gasteiger partial charge in [-0.05, 0) is 35.7 Å². The summed E-state index contributed by atoms with van der Waals surface area (Å²) in [7, 11) is 0. The van der Waals surface area contributed by atoms with E-state index in [0.29, 0.717) is 6.42 Å². The molecule has 2 unspecified atom stereocenters. The van der Waals surface area contributed by atoms with Crippen molar-refractivity contribution >= 4 is 23.5 Å². The molecule has 1 aromatic rings. The monoisotopic (exact) mass is 336 g/mol. The van der Waals surface area contributed by atoms with Crippen LogP contribution >= 0.6 is 0 Å². The van der Waals surface area contributed by atoms with E-state index >= 15 is 0 Å². The number of fused-ring (bicyclic) bond motifs is 1. The van der Waals surface area contributed by atoms with Crippen molar-refractivity contribution in [2.45, 2.75) is 45.8 Å². The fourth-order valence-electron chi connectivity index (χ4n) is 2.27. The van der Waals surface area contributed by atoms with Gasteiger partial charge in [0.1, 0.15) is 6.54 Å². The molecule has 2 rings (SSSR count). The molecule has 130 valence electrons. The van der Waals surface area contributed by atoms with Crippen LogP contribution in [0.25, 0.3) is 0 Å². The number of amides is 2. The van der Waals surface area contributed by atoms with Gasteiger partial charge in [-0.25, -0.2) is 0 Å². The van der Waals surface area contributed by atoms with Crippen LogP contribution in [0.2, 0.25) is 0 Å². The van der Waals surface area contributed by atoms with Crippen molar-refractivity contribution in [1.82, 2.24) is 10.3 Å². The average molecular weight is 336 g/mol. The summed E-state index contributed by atoms with van der Waals surface area (Å²) in [5, 5.41) is 13.7. The largest absolute Gasteiger partial charge is 0.474 e. The third-order valence-electron chi connectivity index (χ3n) is 3.77. The van der Waals surface area contributed by atoms with E-state index in [0.717, 1.165) is 11.3 Å². The Bertz CT molecular complexity index is 663. The van der Waals surface area contributed by atoms with Crippen molar-refractivity contribution in [3.8, 4) is 5.75 Å². The van der Waals surface area contributed by atoms with Gasteiger partial charge in [-0.15, -0.1) is 0 Å². The number of carbonyl (C=O) groups is 2. The number of anilines is 1. The summed E-state index contributed by atoms with van der Waals surface area (Å²) in [4.78, 5) is 39.9. The molecule has 0 radical (unpaired) electrons. The number of nitrogens with zero attached hydrogens (tertiary/aromatic N) is 3. The molecule has 1 aliphatic heterocycles. The highest BCUT2D eigenvalue weighted by Gasteiger charge is 2.39. The van der Waals surface area contributed by atoms with Crippen LogP contribution in [0.4, 0.5) is 11.6 Å². The second-order valence-electron chi connectivity index (χ2n) is 5.56. The third kappa shape index (κ3) is 3.61. The number of aromatic nitrogens is 1. The number of ether oxygens (including phenoxy) is 1. The Morgan fingerprint density at radius 1 is 1.50 bits per heavy atom. The van der Waals surface area contributed by atoms with Gasteiger partial charge < -0.3 is 20.2 Å². The van der Waals surface area contributed by atoms with Crippen molar-refractivity contribution < 1.29 is 19.2 Å². The zero-order valence-corrected chi connectivity index (χ0v) is 13.8. The van der Waals surface area contributed by atoms with Crippen molar-refractivity contribution in [3.63, 3.8) is 0 Å². The molecule has 2 heterocycles. The van der Waals surface area contributed by atoms with Gasteiger partial charge in [0.25, 0.3) is 11.7 Å². The molecule has 2 atom stereocenters. The predicted octanol–water partition coefficient (Wildman–Crippen LogP) is 1.41. The topological polar surface area (TPSA) is 115 Å². The highest BCUT2D eigenvalue weighted by atomic mass is 16.6. The maximum Gasteiger partial charge on any atom is 0.366 e. The van der Waals surface area contributed by atoms with Gasteiger partial charge in [-0.3, -0.25) is 14.5 Å². The summed E-state index contributed by atoms with van der Waals surface area (Å²) in [6.07, 6.45) is 0.427. The lowest BCUT2D eigenvalue weighted by Crippen LogP contribution is -2.50. The first-order valence-corrected chi connectivity index (χ1v) is 7.80. The normalized spacial score (nSPS) is 17.7. The zero-order chi connectivity index (χ0) is 17.9. The Hall–Kier alpha value is -2.71. The zero-order valence-electron chi connectivity index (χ0n) is 13.8. The van der Waals surface area contributed by atoms with Gasteiger partial charge in [-0.2, -0.15) is 0 Å². The average Bonchev–Trinajstić information content (AvgIpc) is 2.56. The molecule has 0 saturated heterocycles. The SMILES string of the molecule is CCC(C)NC(=O)CN1C(=O)C(CC)Oc2ccc([N+](=O)[O-])nc21. The number of hydrogen-bond acceptors (Lipinski definition) is 6. The summed E-state index contributed by atoms with van der Waals surface area (Å²) in [6.45, 7) is 5.30. The molecule has 2 amide bonds. The fraction of sp³-hybridized carbons (Fsp3) is 0.533. The van der Waals surface area contributed by atoms with E-state index in [4.69, 9.17) is 4.74 Å². The standard InChI is InChI=1S/C15H20N4O5/c1-4-9(3)16-13(20)8-18-14-11(24-10(5-2)15(18)21)6-7-12(17-14)19(22)23/h6-7,9-10H,4-5,8H2,1-3H3,(H,16,20). The molecular weight excluding hydrogens is 316 g/mol. The fourth-order valence-corrected chi connectivity index (χ4v) is 2.27. The maximum atomic E-state index is 12.5. The van der Waals surface area contributed by atoms with Gasteiger partial charge in [0, 0.05) is 12.1 Å². The molecule has 0 aliphatic carbocycles. The number of rotatable bonds is 6. The Balaban J connectivity index is 2.34. The lowest BCUT2D eigenvalue weighted by molar-refractivity contribution is -0.389. The molecule has 0 aromatic carbocycles. The van der Waals surface area contributed by atoms with Crippen LogP contribution in [0.3, 0.4) is 0 Å². The molecule has 1 aliphatic rings. The van der Waals surface area contributed by atoms with Crippen LogP contribution in [0, 0.1) is 10.1 Å². The summed E-state index contributed by atoms with van der Waals surface area (Å²) >= 11 is 0. The summed E-state index contributed by atoms with van der Waals surface area (Å²) in [6, 6.07) is 2.57. The predicted molar refractivity (Wildman–Crippen MR) is 85.8 cm³/mol. The van der Waals surface area contributed by atoms with Crippen molar-refractivity contribution in [3.05, 3.63) is 22.2 Å². The third-order valence-corrected chi connectivity index (χ3v) is 3.77. The first-order chi connectivity index (χ1) is 11.4. The van der Waals surface area contributed by atoms with Gasteiger partial charge in [0.15, 0.2) is 11.9 Å². The van der Waals surface area contributed by atoms with Crippen LogP contribution in [0.1, 0.15) is 33.6 Å². The summed E-state index contributed by atoms with van der Waals surface area (Å²) in [5.74, 6) is -0.944. The number of carbonyl (C=O) groups excluding carboxylic acids is 2.